The first-order valence-corrected chi connectivity index (χ1v) is 10.7. The van der Waals surface area contributed by atoms with Crippen molar-refractivity contribution in [2.45, 2.75) is 10.4 Å². The third-order valence-corrected chi connectivity index (χ3v) is 5.07. The lowest BCUT2D eigenvalue weighted by molar-refractivity contribution is -0.0328. The van der Waals surface area contributed by atoms with Crippen LogP contribution in [0.2, 0.25) is 0 Å². The van der Waals surface area contributed by atoms with Gasteiger partial charge < -0.3 is 25.5 Å². The molecule has 4 aromatic rings. The molecule has 9 nitrogen and oxygen atoms in total. The highest BCUT2D eigenvalue weighted by Gasteiger charge is 2.29. The quantitative estimate of drug-likeness (QED) is 0.186. The summed E-state index contributed by atoms with van der Waals surface area (Å²) >= 11 is -0.266. The van der Waals surface area contributed by atoms with Crippen molar-refractivity contribution in [1.29, 1.82) is 0 Å². The fraction of sp³-hybridized carbons (Fsp3) is 0.0455. The molecule has 0 unspecified atom stereocenters. The molecule has 3 aromatic carbocycles. The lowest BCUT2D eigenvalue weighted by atomic mass is 10.3. The number of fused-ring (bicyclic) bond motifs is 1. The third-order valence-electron chi connectivity index (χ3n) is 4.35. The number of hydrogen-bond donors (Lipinski definition) is 5. The number of aromatic nitrogens is 2. The standard InChI is InChI=1S/C22H16F3N5O4S/c23-22(24,25)35-16-3-1-2-13(10-16)27-20(31)26-12-4-6-14(7-5-12)34-15-8-9-17-18(11-15)29-19(28-17)30-21(32)33/h1-11H,(H,32,33)(H2,26,27,31)(H2,28,29,30). The Morgan fingerprint density at radius 1 is 0.914 bits per heavy atom. The molecule has 0 atom stereocenters. The van der Waals surface area contributed by atoms with Crippen LogP contribution in [-0.4, -0.2) is 32.7 Å². The number of carbonyl (C=O) groups excluding carboxylic acids is 1. The van der Waals surface area contributed by atoms with Crippen LogP contribution in [0.25, 0.3) is 11.0 Å². The van der Waals surface area contributed by atoms with E-state index in [0.29, 0.717) is 28.2 Å². The number of nitrogens with zero attached hydrogens (tertiary/aromatic N) is 1. The molecule has 13 heteroatoms. The Bertz CT molecular complexity index is 1380. The van der Waals surface area contributed by atoms with Crippen LogP contribution in [0.3, 0.4) is 0 Å². The summed E-state index contributed by atoms with van der Waals surface area (Å²) < 4.78 is 43.4. The first-order chi connectivity index (χ1) is 16.6. The van der Waals surface area contributed by atoms with E-state index in [1.54, 1.807) is 42.5 Å². The fourth-order valence-corrected chi connectivity index (χ4v) is 3.62. The summed E-state index contributed by atoms with van der Waals surface area (Å²) in [5.41, 5.74) is -2.65. The Morgan fingerprint density at radius 3 is 2.34 bits per heavy atom. The Morgan fingerprint density at radius 2 is 1.63 bits per heavy atom. The number of amides is 3. The lowest BCUT2D eigenvalue weighted by Crippen LogP contribution is -2.19. The lowest BCUT2D eigenvalue weighted by Gasteiger charge is -2.11. The summed E-state index contributed by atoms with van der Waals surface area (Å²) in [6, 6.07) is 16.2. The number of alkyl halides is 3. The van der Waals surface area contributed by atoms with Crippen molar-refractivity contribution in [2.24, 2.45) is 0 Å². The third kappa shape index (κ3) is 6.80. The zero-order chi connectivity index (χ0) is 25.0. The number of benzene rings is 3. The number of halogens is 3. The number of nitrogens with one attached hydrogen (secondary N) is 4. The van der Waals surface area contributed by atoms with Crippen LogP contribution >= 0.6 is 11.8 Å². The molecule has 4 rings (SSSR count). The van der Waals surface area contributed by atoms with Gasteiger partial charge in [-0.05, 0) is 66.4 Å². The van der Waals surface area contributed by atoms with Crippen molar-refractivity contribution in [3.63, 3.8) is 0 Å². The Hall–Kier alpha value is -4.39. The molecule has 1 aromatic heterocycles. The van der Waals surface area contributed by atoms with Crippen molar-refractivity contribution in [3.05, 3.63) is 66.7 Å². The number of carbonyl (C=O) groups is 2. The van der Waals surface area contributed by atoms with Gasteiger partial charge in [0.15, 0.2) is 0 Å². The summed E-state index contributed by atoms with van der Waals surface area (Å²) in [4.78, 5) is 29.8. The molecule has 0 bridgehead atoms. The molecule has 0 fully saturated rings. The summed E-state index contributed by atoms with van der Waals surface area (Å²) in [5, 5.41) is 16.0. The predicted molar refractivity (Wildman–Crippen MR) is 125 cm³/mol. The van der Waals surface area contributed by atoms with Crippen LogP contribution in [0.4, 0.5) is 40.1 Å². The minimum absolute atomic E-state index is 0.0421. The van der Waals surface area contributed by atoms with Crippen molar-refractivity contribution in [3.8, 4) is 11.5 Å². The maximum atomic E-state index is 12.5. The average Bonchev–Trinajstić information content (AvgIpc) is 3.15. The highest BCUT2D eigenvalue weighted by Crippen LogP contribution is 2.37. The number of rotatable bonds is 6. The first kappa shape index (κ1) is 23.8. The van der Waals surface area contributed by atoms with Gasteiger partial charge in [-0.25, -0.2) is 14.6 Å². The van der Waals surface area contributed by atoms with Crippen molar-refractivity contribution >= 4 is 52.2 Å². The van der Waals surface area contributed by atoms with Gasteiger partial charge in [-0.15, -0.1) is 0 Å². The molecule has 5 N–H and O–H groups in total. The van der Waals surface area contributed by atoms with Gasteiger partial charge in [-0.3, -0.25) is 5.32 Å². The second kappa shape index (κ2) is 9.85. The van der Waals surface area contributed by atoms with Crippen molar-refractivity contribution in [1.82, 2.24) is 9.97 Å². The largest absolute Gasteiger partial charge is 0.465 e. The highest BCUT2D eigenvalue weighted by molar-refractivity contribution is 8.00. The van der Waals surface area contributed by atoms with Gasteiger partial charge >= 0.3 is 17.6 Å². The number of carboxylic acid groups (broad SMARTS) is 1. The van der Waals surface area contributed by atoms with Gasteiger partial charge in [0.25, 0.3) is 0 Å². The molecule has 0 radical (unpaired) electrons. The van der Waals surface area contributed by atoms with Gasteiger partial charge in [0.05, 0.1) is 11.0 Å². The molecule has 1 heterocycles. The van der Waals surface area contributed by atoms with Crippen LogP contribution in [0, 0.1) is 0 Å². The van der Waals surface area contributed by atoms with E-state index in [1.807, 2.05) is 0 Å². The van der Waals surface area contributed by atoms with Crippen LogP contribution in [-0.2, 0) is 0 Å². The topological polar surface area (TPSA) is 128 Å². The van der Waals surface area contributed by atoms with E-state index in [2.05, 4.69) is 25.9 Å². The number of H-pyrrole nitrogens is 1. The Kier molecular flexibility index (Phi) is 6.68. The van der Waals surface area contributed by atoms with E-state index in [9.17, 15) is 22.8 Å². The molecule has 3 amide bonds. The van der Waals surface area contributed by atoms with Gasteiger partial charge in [0, 0.05) is 22.3 Å². The smallest absolute Gasteiger partial charge is 0.446 e. The second-order valence-corrected chi connectivity index (χ2v) is 8.11. The van der Waals surface area contributed by atoms with Crippen molar-refractivity contribution in [2.75, 3.05) is 16.0 Å². The number of imidazole rings is 1. The Balaban J connectivity index is 1.35. The molecule has 0 aliphatic carbocycles. The zero-order valence-corrected chi connectivity index (χ0v) is 18.3. The summed E-state index contributed by atoms with van der Waals surface area (Å²) in [5.74, 6) is 1.03. The summed E-state index contributed by atoms with van der Waals surface area (Å²) in [6.07, 6.45) is -1.24. The zero-order valence-electron chi connectivity index (χ0n) is 17.5. The molecule has 180 valence electrons. The van der Waals surface area contributed by atoms with E-state index >= 15 is 0 Å². The van der Waals surface area contributed by atoms with Gasteiger partial charge in [0.2, 0.25) is 5.95 Å². The summed E-state index contributed by atoms with van der Waals surface area (Å²) in [6.45, 7) is 0. The van der Waals surface area contributed by atoms with Crippen LogP contribution < -0.4 is 20.7 Å². The molecular weight excluding hydrogens is 487 g/mol. The van der Waals surface area contributed by atoms with Crippen LogP contribution in [0.5, 0.6) is 11.5 Å². The molecule has 0 aliphatic rings. The maximum absolute atomic E-state index is 12.5. The number of hydrogen-bond acceptors (Lipinski definition) is 5. The number of anilines is 3. The average molecular weight is 503 g/mol. The predicted octanol–water partition coefficient (Wildman–Crippen LogP) is 6.70. The van der Waals surface area contributed by atoms with Gasteiger partial charge in [0.1, 0.15) is 11.5 Å². The highest BCUT2D eigenvalue weighted by atomic mass is 32.2. The minimum Gasteiger partial charge on any atom is -0.465 e. The fourth-order valence-electron chi connectivity index (χ4n) is 3.02. The molecule has 35 heavy (non-hydrogen) atoms. The first-order valence-electron chi connectivity index (χ1n) is 9.84. The number of ether oxygens (including phenoxy) is 1. The van der Waals surface area contributed by atoms with E-state index in [-0.39, 0.29) is 28.3 Å². The van der Waals surface area contributed by atoms with E-state index < -0.39 is 17.6 Å². The van der Waals surface area contributed by atoms with E-state index in [1.165, 1.54) is 24.3 Å². The van der Waals surface area contributed by atoms with Gasteiger partial charge in [-0.1, -0.05) is 6.07 Å². The maximum Gasteiger partial charge on any atom is 0.446 e. The van der Waals surface area contributed by atoms with E-state index in [0.717, 1.165) is 0 Å². The normalized spacial score (nSPS) is 11.2. The Labute approximate surface area is 199 Å². The SMILES string of the molecule is O=C(O)Nc1nc2ccc(Oc3ccc(NC(=O)Nc4cccc(SC(F)(F)F)c4)cc3)cc2[nH]1. The van der Waals surface area contributed by atoms with Crippen LogP contribution in [0.15, 0.2) is 71.6 Å². The monoisotopic (exact) mass is 503 g/mol. The molecular formula is C22H16F3N5O4S. The second-order valence-electron chi connectivity index (χ2n) is 6.98. The molecule has 0 aliphatic heterocycles. The van der Waals surface area contributed by atoms with Crippen molar-refractivity contribution < 1.29 is 32.6 Å². The number of urea groups is 1. The number of thioether (sulfide) groups is 1. The molecule has 0 spiro atoms. The van der Waals surface area contributed by atoms with Gasteiger partial charge in [-0.2, -0.15) is 13.2 Å². The summed E-state index contributed by atoms with van der Waals surface area (Å²) in [7, 11) is 0. The molecule has 0 saturated carbocycles. The number of aromatic amines is 1. The molecule has 0 saturated heterocycles. The van der Waals surface area contributed by atoms with Crippen LogP contribution in [0.1, 0.15) is 0 Å². The van der Waals surface area contributed by atoms with E-state index in [4.69, 9.17) is 9.84 Å². The minimum atomic E-state index is -4.42.